The van der Waals surface area contributed by atoms with Gasteiger partial charge in [-0.15, -0.1) is 0 Å². The van der Waals surface area contributed by atoms with E-state index in [1.165, 1.54) is 0 Å². The van der Waals surface area contributed by atoms with Crippen LogP contribution in [0.4, 0.5) is 0 Å². The van der Waals surface area contributed by atoms with Crippen molar-refractivity contribution < 1.29 is 9.59 Å². The lowest BCUT2D eigenvalue weighted by atomic mass is 10.0. The van der Waals surface area contributed by atoms with Crippen molar-refractivity contribution in [3.63, 3.8) is 0 Å². The van der Waals surface area contributed by atoms with Gasteiger partial charge < -0.3 is 14.8 Å². The number of nitrogens with zero attached hydrogens (tertiary/aromatic N) is 3. The molecule has 3 aromatic rings. The molecule has 2 amide bonds. The Morgan fingerprint density at radius 1 is 1.23 bits per heavy atom. The van der Waals surface area contributed by atoms with Gasteiger partial charge >= 0.3 is 0 Å². The maximum atomic E-state index is 13.1. The minimum atomic E-state index is -0.502. The van der Waals surface area contributed by atoms with Crippen LogP contribution in [0.25, 0.3) is 11.0 Å². The first-order valence-corrected chi connectivity index (χ1v) is 8.67. The number of amides is 2. The number of fused-ring (bicyclic) bond motifs is 1. The maximum Gasteiger partial charge on any atom is 0.254 e. The smallest absolute Gasteiger partial charge is 0.254 e. The molecule has 26 heavy (non-hydrogen) atoms. The number of hydrogen-bond acceptors (Lipinski definition) is 3. The molecule has 1 fully saturated rings. The number of imidazole rings is 1. The lowest BCUT2D eigenvalue weighted by Crippen LogP contribution is -2.58. The molecule has 2 heterocycles. The quantitative estimate of drug-likeness (QED) is 0.784. The Morgan fingerprint density at radius 2 is 2.04 bits per heavy atom. The number of nitrogens with one attached hydrogen (secondary N) is 1. The minimum Gasteiger partial charge on any atom is -0.353 e. The summed E-state index contributed by atoms with van der Waals surface area (Å²) in [4.78, 5) is 31.5. The summed E-state index contributed by atoms with van der Waals surface area (Å²) in [6, 6.07) is 14.8. The van der Waals surface area contributed by atoms with E-state index >= 15 is 0 Å². The van der Waals surface area contributed by atoms with Gasteiger partial charge in [0.15, 0.2) is 0 Å². The summed E-state index contributed by atoms with van der Waals surface area (Å²) in [6.45, 7) is 0.976. The highest BCUT2D eigenvalue weighted by Crippen LogP contribution is 2.19. The molecule has 0 spiro atoms. The Labute approximate surface area is 151 Å². The van der Waals surface area contributed by atoms with Crippen LogP contribution >= 0.6 is 0 Å². The van der Waals surface area contributed by atoms with Gasteiger partial charge in [-0.1, -0.05) is 30.3 Å². The first kappa shape index (κ1) is 16.3. The number of benzene rings is 2. The zero-order valence-corrected chi connectivity index (χ0v) is 14.6. The SMILES string of the molecule is Cn1cnc2cc(C(=O)N3CCNC(=O)[C@H]3Cc3ccccc3)ccc21. The van der Waals surface area contributed by atoms with Gasteiger partial charge in [0, 0.05) is 32.1 Å². The number of carbonyl (C=O) groups is 2. The number of aromatic nitrogens is 2. The Balaban J connectivity index is 1.63. The van der Waals surface area contributed by atoms with Crippen LogP contribution in [0.2, 0.25) is 0 Å². The third-order valence-corrected chi connectivity index (χ3v) is 4.84. The molecule has 0 bridgehead atoms. The molecule has 1 aliphatic heterocycles. The summed E-state index contributed by atoms with van der Waals surface area (Å²) < 4.78 is 1.91. The average Bonchev–Trinajstić information content (AvgIpc) is 3.04. The lowest BCUT2D eigenvalue weighted by molar-refractivity contribution is -0.127. The minimum absolute atomic E-state index is 0.104. The van der Waals surface area contributed by atoms with E-state index in [2.05, 4.69) is 10.3 Å². The number of hydrogen-bond donors (Lipinski definition) is 1. The first-order chi connectivity index (χ1) is 12.6. The molecule has 6 heteroatoms. The van der Waals surface area contributed by atoms with E-state index in [0.717, 1.165) is 16.6 Å². The molecule has 0 unspecified atom stereocenters. The summed E-state index contributed by atoms with van der Waals surface area (Å²) in [5.74, 6) is -0.235. The van der Waals surface area contributed by atoms with Crippen LogP contribution in [0, 0.1) is 0 Å². The molecule has 132 valence electrons. The van der Waals surface area contributed by atoms with Gasteiger partial charge in [0.1, 0.15) is 6.04 Å². The highest BCUT2D eigenvalue weighted by Gasteiger charge is 2.33. The zero-order chi connectivity index (χ0) is 18.1. The predicted molar refractivity (Wildman–Crippen MR) is 98.7 cm³/mol. The highest BCUT2D eigenvalue weighted by atomic mass is 16.2. The Hall–Kier alpha value is -3.15. The van der Waals surface area contributed by atoms with E-state index in [-0.39, 0.29) is 11.8 Å². The Morgan fingerprint density at radius 3 is 2.85 bits per heavy atom. The van der Waals surface area contributed by atoms with E-state index in [1.807, 2.05) is 48.0 Å². The van der Waals surface area contributed by atoms with Crippen molar-refractivity contribution in [2.45, 2.75) is 12.5 Å². The molecule has 1 aromatic heterocycles. The predicted octanol–water partition coefficient (Wildman–Crippen LogP) is 1.76. The van der Waals surface area contributed by atoms with Gasteiger partial charge in [-0.2, -0.15) is 0 Å². The molecule has 4 rings (SSSR count). The van der Waals surface area contributed by atoms with Crippen LogP contribution < -0.4 is 5.32 Å². The van der Waals surface area contributed by atoms with E-state index in [4.69, 9.17) is 0 Å². The van der Waals surface area contributed by atoms with Crippen molar-refractivity contribution in [2.24, 2.45) is 7.05 Å². The molecule has 0 radical (unpaired) electrons. The molecule has 2 aromatic carbocycles. The van der Waals surface area contributed by atoms with Gasteiger partial charge in [0.25, 0.3) is 5.91 Å². The molecule has 1 N–H and O–H groups in total. The summed E-state index contributed by atoms with van der Waals surface area (Å²) in [7, 11) is 1.92. The van der Waals surface area contributed by atoms with Gasteiger partial charge in [-0.25, -0.2) is 4.98 Å². The van der Waals surface area contributed by atoms with Crippen molar-refractivity contribution in [1.82, 2.24) is 19.8 Å². The number of rotatable bonds is 3. The number of aryl methyl sites for hydroxylation is 1. The summed E-state index contributed by atoms with van der Waals surface area (Å²) >= 11 is 0. The molecular weight excluding hydrogens is 328 g/mol. The Bertz CT molecular complexity index is 964. The molecular formula is C20H20N4O2. The van der Waals surface area contributed by atoms with Gasteiger partial charge in [-0.05, 0) is 23.8 Å². The van der Waals surface area contributed by atoms with Gasteiger partial charge in [0.05, 0.1) is 17.4 Å². The van der Waals surface area contributed by atoms with Crippen LogP contribution in [0.15, 0.2) is 54.9 Å². The fourth-order valence-corrected chi connectivity index (χ4v) is 3.43. The van der Waals surface area contributed by atoms with Crippen molar-refractivity contribution in [3.8, 4) is 0 Å². The van der Waals surface area contributed by atoms with Crippen LogP contribution in [0.5, 0.6) is 0 Å². The van der Waals surface area contributed by atoms with Crippen LogP contribution in [0.3, 0.4) is 0 Å². The number of carbonyl (C=O) groups excluding carboxylic acids is 2. The third kappa shape index (κ3) is 2.94. The normalized spacial score (nSPS) is 17.3. The van der Waals surface area contributed by atoms with Crippen molar-refractivity contribution in [2.75, 3.05) is 13.1 Å². The topological polar surface area (TPSA) is 67.2 Å². The maximum absolute atomic E-state index is 13.1. The van der Waals surface area contributed by atoms with Crippen LogP contribution in [-0.2, 0) is 18.3 Å². The van der Waals surface area contributed by atoms with Crippen molar-refractivity contribution >= 4 is 22.8 Å². The van der Waals surface area contributed by atoms with E-state index in [9.17, 15) is 9.59 Å². The number of piperazine rings is 1. The molecule has 1 atom stereocenters. The second-order valence-electron chi connectivity index (χ2n) is 6.55. The monoisotopic (exact) mass is 348 g/mol. The molecule has 0 aliphatic carbocycles. The summed E-state index contributed by atoms with van der Waals surface area (Å²) in [5.41, 5.74) is 3.34. The fourth-order valence-electron chi connectivity index (χ4n) is 3.43. The second-order valence-corrected chi connectivity index (χ2v) is 6.55. The van der Waals surface area contributed by atoms with Gasteiger partial charge in [0.2, 0.25) is 5.91 Å². The second kappa shape index (κ2) is 6.63. The van der Waals surface area contributed by atoms with Crippen LogP contribution in [-0.4, -0.2) is 45.4 Å². The van der Waals surface area contributed by atoms with Crippen molar-refractivity contribution in [1.29, 1.82) is 0 Å². The van der Waals surface area contributed by atoms with Gasteiger partial charge in [-0.3, -0.25) is 9.59 Å². The van der Waals surface area contributed by atoms with E-state index in [0.29, 0.717) is 25.1 Å². The molecule has 0 saturated carbocycles. The molecule has 1 aliphatic rings. The fraction of sp³-hybridized carbons (Fsp3) is 0.250. The summed E-state index contributed by atoms with van der Waals surface area (Å²) in [6.07, 6.45) is 2.23. The first-order valence-electron chi connectivity index (χ1n) is 8.67. The highest BCUT2D eigenvalue weighted by molar-refractivity contribution is 6.00. The lowest BCUT2D eigenvalue weighted by Gasteiger charge is -2.35. The standard InChI is InChI=1S/C20H20N4O2/c1-23-13-22-16-12-15(7-8-17(16)23)20(26)24-10-9-21-19(25)18(24)11-14-5-3-2-4-6-14/h2-8,12-13,18H,9-11H2,1H3,(H,21,25)/t18-/m1/s1. The van der Waals surface area contributed by atoms with Crippen LogP contribution in [0.1, 0.15) is 15.9 Å². The molecule has 6 nitrogen and oxygen atoms in total. The molecule has 1 saturated heterocycles. The van der Waals surface area contributed by atoms with E-state index < -0.39 is 6.04 Å². The summed E-state index contributed by atoms with van der Waals surface area (Å²) in [5, 5.41) is 2.87. The average molecular weight is 348 g/mol. The Kier molecular flexibility index (Phi) is 4.16. The zero-order valence-electron chi connectivity index (χ0n) is 14.6. The largest absolute Gasteiger partial charge is 0.353 e. The third-order valence-electron chi connectivity index (χ3n) is 4.84. The van der Waals surface area contributed by atoms with E-state index in [1.54, 1.807) is 23.4 Å². The van der Waals surface area contributed by atoms with Crippen molar-refractivity contribution in [3.05, 3.63) is 66.0 Å².